The topological polar surface area (TPSA) is 41.5 Å². The molecule has 2 N–H and O–H groups in total. The van der Waals surface area contributed by atoms with Crippen molar-refractivity contribution in [3.63, 3.8) is 0 Å². The van der Waals surface area contributed by atoms with Crippen molar-refractivity contribution in [3.8, 4) is 5.75 Å². The number of aliphatic hydroxyl groups is 1. The average Bonchev–Trinajstić information content (AvgIpc) is 2.42. The van der Waals surface area contributed by atoms with Gasteiger partial charge in [0.15, 0.2) is 0 Å². The van der Waals surface area contributed by atoms with Crippen LogP contribution in [0.2, 0.25) is 5.02 Å². The molecule has 2 atom stereocenters. The van der Waals surface area contributed by atoms with Gasteiger partial charge in [-0.25, -0.2) is 0 Å². The van der Waals surface area contributed by atoms with E-state index in [2.05, 4.69) is 18.5 Å². The zero-order valence-electron chi connectivity index (χ0n) is 11.4. The predicted octanol–water partition coefficient (Wildman–Crippen LogP) is 2.81. The van der Waals surface area contributed by atoms with Crippen LogP contribution >= 0.6 is 23.4 Å². The molecule has 108 valence electrons. The summed E-state index contributed by atoms with van der Waals surface area (Å²) in [6, 6.07) is 7.71. The molecule has 0 amide bonds. The maximum atomic E-state index is 9.88. The summed E-state index contributed by atoms with van der Waals surface area (Å²) in [6.45, 7) is 2.91. The highest BCUT2D eigenvalue weighted by Crippen LogP contribution is 2.23. The Morgan fingerprint density at radius 2 is 2.16 bits per heavy atom. The molecule has 0 saturated heterocycles. The van der Waals surface area contributed by atoms with Gasteiger partial charge in [-0.05, 0) is 24.8 Å². The first-order valence-corrected chi connectivity index (χ1v) is 8.22. The summed E-state index contributed by atoms with van der Waals surface area (Å²) in [7, 11) is 0. The molecule has 0 aliphatic heterocycles. The number of benzene rings is 1. The van der Waals surface area contributed by atoms with Gasteiger partial charge >= 0.3 is 0 Å². The van der Waals surface area contributed by atoms with Gasteiger partial charge in [-0.2, -0.15) is 11.8 Å². The highest BCUT2D eigenvalue weighted by atomic mass is 35.5. The third kappa shape index (κ3) is 6.52. The number of rotatable bonds is 9. The number of aliphatic hydroxyl groups excluding tert-OH is 1. The van der Waals surface area contributed by atoms with Gasteiger partial charge in [0.1, 0.15) is 18.5 Å². The minimum atomic E-state index is -0.535. The van der Waals surface area contributed by atoms with E-state index >= 15 is 0 Å². The Morgan fingerprint density at radius 3 is 2.79 bits per heavy atom. The zero-order chi connectivity index (χ0) is 14.1. The molecule has 19 heavy (non-hydrogen) atoms. The van der Waals surface area contributed by atoms with Crippen LogP contribution in [0, 0.1) is 0 Å². The number of hydrogen-bond donors (Lipinski definition) is 2. The van der Waals surface area contributed by atoms with Gasteiger partial charge in [-0.1, -0.05) is 30.7 Å². The fourth-order valence-corrected chi connectivity index (χ4v) is 2.58. The minimum absolute atomic E-state index is 0.242. The number of ether oxygens (including phenoxy) is 1. The van der Waals surface area contributed by atoms with Gasteiger partial charge in [0.25, 0.3) is 0 Å². The molecule has 0 fully saturated rings. The van der Waals surface area contributed by atoms with Crippen LogP contribution < -0.4 is 10.1 Å². The number of hydrogen-bond acceptors (Lipinski definition) is 4. The fraction of sp³-hybridized carbons (Fsp3) is 0.571. The van der Waals surface area contributed by atoms with E-state index < -0.39 is 6.10 Å². The number of thioether (sulfide) groups is 1. The standard InChI is InChI=1S/C14H22ClNO2S/c1-3-11(10-19-2)16-8-12(17)9-18-14-7-5-4-6-13(14)15/h4-7,11-12,16-17H,3,8-10H2,1-2H3. The lowest BCUT2D eigenvalue weighted by Gasteiger charge is -2.19. The first-order chi connectivity index (χ1) is 9.17. The fourth-order valence-electron chi connectivity index (χ4n) is 1.63. The van der Waals surface area contributed by atoms with Crippen LogP contribution in [0.25, 0.3) is 0 Å². The predicted molar refractivity (Wildman–Crippen MR) is 83.4 cm³/mol. The lowest BCUT2D eigenvalue weighted by Crippen LogP contribution is -2.39. The highest BCUT2D eigenvalue weighted by molar-refractivity contribution is 7.98. The van der Waals surface area contributed by atoms with Crippen molar-refractivity contribution in [2.45, 2.75) is 25.5 Å². The van der Waals surface area contributed by atoms with Crippen LogP contribution in [0.4, 0.5) is 0 Å². The molecule has 0 aliphatic rings. The van der Waals surface area contributed by atoms with Crippen molar-refractivity contribution < 1.29 is 9.84 Å². The van der Waals surface area contributed by atoms with E-state index in [4.69, 9.17) is 16.3 Å². The monoisotopic (exact) mass is 303 g/mol. The normalized spacial score (nSPS) is 14.1. The van der Waals surface area contributed by atoms with E-state index in [1.165, 1.54) is 0 Å². The lowest BCUT2D eigenvalue weighted by molar-refractivity contribution is 0.104. The molecule has 0 radical (unpaired) electrons. The second-order valence-corrected chi connectivity index (χ2v) is 5.68. The number of halogens is 1. The van der Waals surface area contributed by atoms with Gasteiger partial charge in [0.05, 0.1) is 5.02 Å². The summed E-state index contributed by atoms with van der Waals surface area (Å²) in [5.41, 5.74) is 0. The molecule has 0 aromatic heterocycles. The Labute approximate surface area is 124 Å². The van der Waals surface area contributed by atoms with Crippen molar-refractivity contribution in [1.29, 1.82) is 0 Å². The maximum Gasteiger partial charge on any atom is 0.138 e. The highest BCUT2D eigenvalue weighted by Gasteiger charge is 2.10. The molecule has 5 heteroatoms. The summed E-state index contributed by atoms with van der Waals surface area (Å²) in [4.78, 5) is 0. The number of para-hydroxylation sites is 1. The van der Waals surface area contributed by atoms with Gasteiger partial charge < -0.3 is 15.2 Å². The molecule has 1 rings (SSSR count). The van der Waals surface area contributed by atoms with Crippen molar-refractivity contribution in [3.05, 3.63) is 29.3 Å². The minimum Gasteiger partial charge on any atom is -0.489 e. The summed E-state index contributed by atoms with van der Waals surface area (Å²) in [5, 5.41) is 13.8. The van der Waals surface area contributed by atoms with E-state index in [0.29, 0.717) is 23.4 Å². The molecule has 2 unspecified atom stereocenters. The molecule has 0 aliphatic carbocycles. The summed E-state index contributed by atoms with van der Waals surface area (Å²) < 4.78 is 5.50. The molecule has 3 nitrogen and oxygen atoms in total. The maximum absolute atomic E-state index is 9.88. The van der Waals surface area contributed by atoms with E-state index in [1.54, 1.807) is 23.9 Å². The van der Waals surface area contributed by atoms with E-state index in [9.17, 15) is 5.11 Å². The molecule has 0 saturated carbocycles. The summed E-state index contributed by atoms with van der Waals surface area (Å²) in [5.74, 6) is 1.66. The Hall–Kier alpha value is -0.420. The van der Waals surface area contributed by atoms with Crippen LogP contribution in [0.5, 0.6) is 5.75 Å². The molecular weight excluding hydrogens is 282 g/mol. The quantitative estimate of drug-likeness (QED) is 0.736. The Bertz CT molecular complexity index is 365. The molecule has 0 bridgehead atoms. The zero-order valence-corrected chi connectivity index (χ0v) is 13.0. The van der Waals surface area contributed by atoms with Crippen molar-refractivity contribution in [1.82, 2.24) is 5.32 Å². The van der Waals surface area contributed by atoms with Crippen molar-refractivity contribution >= 4 is 23.4 Å². The second-order valence-electron chi connectivity index (χ2n) is 4.36. The lowest BCUT2D eigenvalue weighted by atomic mass is 10.2. The Kier molecular flexibility index (Phi) is 8.30. The second kappa shape index (κ2) is 9.48. The Morgan fingerprint density at radius 1 is 1.42 bits per heavy atom. The first-order valence-electron chi connectivity index (χ1n) is 6.45. The third-order valence-corrected chi connectivity index (χ3v) is 3.82. The molecule has 0 spiro atoms. The van der Waals surface area contributed by atoms with Gasteiger partial charge in [0, 0.05) is 18.3 Å². The van der Waals surface area contributed by atoms with Gasteiger partial charge in [-0.3, -0.25) is 0 Å². The molecule has 0 heterocycles. The van der Waals surface area contributed by atoms with Crippen LogP contribution in [0.1, 0.15) is 13.3 Å². The molecular formula is C14H22ClNO2S. The van der Waals surface area contributed by atoms with Crippen LogP contribution in [-0.4, -0.2) is 42.4 Å². The molecule has 1 aromatic rings. The largest absolute Gasteiger partial charge is 0.489 e. The average molecular weight is 304 g/mol. The van der Waals surface area contributed by atoms with Gasteiger partial charge in [0.2, 0.25) is 0 Å². The van der Waals surface area contributed by atoms with E-state index in [1.807, 2.05) is 12.1 Å². The van der Waals surface area contributed by atoms with E-state index in [0.717, 1.165) is 12.2 Å². The van der Waals surface area contributed by atoms with Crippen LogP contribution in [0.15, 0.2) is 24.3 Å². The first kappa shape index (κ1) is 16.6. The van der Waals surface area contributed by atoms with Crippen molar-refractivity contribution in [2.75, 3.05) is 25.2 Å². The SMILES string of the molecule is CCC(CSC)NCC(O)COc1ccccc1Cl. The molecule has 1 aromatic carbocycles. The number of nitrogens with one attached hydrogen (secondary N) is 1. The van der Waals surface area contributed by atoms with E-state index in [-0.39, 0.29) is 6.61 Å². The Balaban J connectivity index is 2.28. The van der Waals surface area contributed by atoms with Crippen LogP contribution in [-0.2, 0) is 0 Å². The summed E-state index contributed by atoms with van der Waals surface area (Å²) in [6.07, 6.45) is 2.60. The van der Waals surface area contributed by atoms with Crippen molar-refractivity contribution in [2.24, 2.45) is 0 Å². The third-order valence-electron chi connectivity index (χ3n) is 2.77. The summed E-state index contributed by atoms with van der Waals surface area (Å²) >= 11 is 7.78. The van der Waals surface area contributed by atoms with Crippen LogP contribution in [0.3, 0.4) is 0 Å². The smallest absolute Gasteiger partial charge is 0.138 e. The van der Waals surface area contributed by atoms with Gasteiger partial charge in [-0.15, -0.1) is 0 Å².